The highest BCUT2D eigenvalue weighted by Crippen LogP contribution is 2.38. The van der Waals surface area contributed by atoms with Gasteiger partial charge in [0.25, 0.3) is 0 Å². The van der Waals surface area contributed by atoms with E-state index < -0.39 is 11.6 Å². The van der Waals surface area contributed by atoms with E-state index in [1.807, 2.05) is 25.1 Å². The van der Waals surface area contributed by atoms with Crippen molar-refractivity contribution in [2.24, 2.45) is 5.73 Å². The number of ether oxygens (including phenoxy) is 1. The van der Waals surface area contributed by atoms with Crippen LogP contribution >= 0.6 is 0 Å². The van der Waals surface area contributed by atoms with Gasteiger partial charge in [0, 0.05) is 12.0 Å². The Balaban J connectivity index is 2.20. The minimum Gasteiger partial charge on any atom is -0.497 e. The summed E-state index contributed by atoms with van der Waals surface area (Å²) < 4.78 is 32.6. The molecule has 0 radical (unpaired) electrons. The molecule has 1 aliphatic carbocycles. The Kier molecular flexibility index (Phi) is 3.87. The summed E-state index contributed by atoms with van der Waals surface area (Å²) in [5.41, 5.74) is 9.99. The summed E-state index contributed by atoms with van der Waals surface area (Å²) in [4.78, 5) is 0. The van der Waals surface area contributed by atoms with E-state index in [-0.39, 0.29) is 12.0 Å². The van der Waals surface area contributed by atoms with Crippen LogP contribution in [0.5, 0.6) is 5.75 Å². The SMILES string of the molecule is COc1ccc2c(c1)CCc1cc(F)c(F)cc1C2C(C)N. The Morgan fingerprint density at radius 2 is 1.68 bits per heavy atom. The van der Waals surface area contributed by atoms with Crippen LogP contribution in [0.3, 0.4) is 0 Å². The second kappa shape index (κ2) is 5.69. The summed E-state index contributed by atoms with van der Waals surface area (Å²) in [6.07, 6.45) is 1.42. The minimum atomic E-state index is -0.818. The van der Waals surface area contributed by atoms with Gasteiger partial charge in [-0.3, -0.25) is 0 Å². The van der Waals surface area contributed by atoms with Gasteiger partial charge in [0.1, 0.15) is 5.75 Å². The van der Waals surface area contributed by atoms with Crippen LogP contribution < -0.4 is 10.5 Å². The normalized spacial score (nSPS) is 18.1. The highest BCUT2D eigenvalue weighted by atomic mass is 19.2. The van der Waals surface area contributed by atoms with E-state index in [1.54, 1.807) is 7.11 Å². The molecular formula is C18H19F2NO. The predicted octanol–water partition coefficient (Wildman–Crippen LogP) is 3.55. The van der Waals surface area contributed by atoms with E-state index in [0.29, 0.717) is 6.42 Å². The van der Waals surface area contributed by atoms with Gasteiger partial charge in [0.15, 0.2) is 11.6 Å². The fourth-order valence-corrected chi connectivity index (χ4v) is 3.34. The lowest BCUT2D eigenvalue weighted by Gasteiger charge is -2.24. The van der Waals surface area contributed by atoms with Crippen LogP contribution in [-0.4, -0.2) is 13.2 Å². The molecule has 0 heterocycles. The summed E-state index contributed by atoms with van der Waals surface area (Å²) >= 11 is 0. The Labute approximate surface area is 128 Å². The zero-order chi connectivity index (χ0) is 15.9. The lowest BCUT2D eigenvalue weighted by Crippen LogP contribution is -2.26. The van der Waals surface area contributed by atoms with E-state index in [1.165, 1.54) is 12.1 Å². The van der Waals surface area contributed by atoms with Gasteiger partial charge in [-0.05, 0) is 66.3 Å². The van der Waals surface area contributed by atoms with Crippen molar-refractivity contribution in [3.05, 3.63) is 64.2 Å². The third kappa shape index (κ3) is 2.48. The first-order valence-electron chi connectivity index (χ1n) is 7.41. The van der Waals surface area contributed by atoms with Crippen molar-refractivity contribution in [3.8, 4) is 5.75 Å². The average Bonchev–Trinajstić information content (AvgIpc) is 2.64. The van der Waals surface area contributed by atoms with Crippen LogP contribution in [0, 0.1) is 11.6 Å². The molecule has 0 fully saturated rings. The highest BCUT2D eigenvalue weighted by molar-refractivity contribution is 5.48. The van der Waals surface area contributed by atoms with Crippen molar-refractivity contribution >= 4 is 0 Å². The summed E-state index contributed by atoms with van der Waals surface area (Å²) in [7, 11) is 1.63. The van der Waals surface area contributed by atoms with Crippen LogP contribution in [0.25, 0.3) is 0 Å². The molecule has 0 aromatic heterocycles. The van der Waals surface area contributed by atoms with Crippen molar-refractivity contribution in [2.45, 2.75) is 31.7 Å². The quantitative estimate of drug-likeness (QED) is 0.921. The first-order chi connectivity index (χ1) is 10.5. The van der Waals surface area contributed by atoms with Gasteiger partial charge >= 0.3 is 0 Å². The van der Waals surface area contributed by atoms with Gasteiger partial charge in [-0.1, -0.05) is 6.07 Å². The Morgan fingerprint density at radius 1 is 1.05 bits per heavy atom. The molecule has 0 aliphatic heterocycles. The van der Waals surface area contributed by atoms with Crippen LogP contribution in [-0.2, 0) is 12.8 Å². The standard InChI is InChI=1S/C18H19F2NO/c1-10(21)18-14-6-5-13(22-2)7-11(14)3-4-12-8-16(19)17(20)9-15(12)18/h5-10,18H,3-4,21H2,1-2H3. The second-order valence-electron chi connectivity index (χ2n) is 5.87. The first-order valence-corrected chi connectivity index (χ1v) is 7.41. The highest BCUT2D eigenvalue weighted by Gasteiger charge is 2.28. The summed E-state index contributed by atoms with van der Waals surface area (Å²) in [6, 6.07) is 8.27. The molecule has 0 amide bonds. The topological polar surface area (TPSA) is 35.2 Å². The molecule has 2 N–H and O–H groups in total. The first kappa shape index (κ1) is 15.0. The lowest BCUT2D eigenvalue weighted by atomic mass is 9.83. The van der Waals surface area contributed by atoms with Crippen molar-refractivity contribution in [1.82, 2.24) is 0 Å². The number of benzene rings is 2. The van der Waals surface area contributed by atoms with E-state index in [2.05, 4.69) is 0 Å². The van der Waals surface area contributed by atoms with E-state index in [9.17, 15) is 8.78 Å². The largest absolute Gasteiger partial charge is 0.497 e. The molecule has 4 heteroatoms. The molecular weight excluding hydrogens is 284 g/mol. The molecule has 2 aromatic rings. The number of rotatable bonds is 2. The third-order valence-electron chi connectivity index (χ3n) is 4.39. The molecule has 0 spiro atoms. The molecule has 0 saturated carbocycles. The Hall–Kier alpha value is -1.94. The van der Waals surface area contributed by atoms with Gasteiger partial charge in [0.05, 0.1) is 7.11 Å². The number of hydrogen-bond acceptors (Lipinski definition) is 2. The maximum absolute atomic E-state index is 13.7. The molecule has 0 bridgehead atoms. The number of hydrogen-bond donors (Lipinski definition) is 1. The zero-order valence-corrected chi connectivity index (χ0v) is 12.7. The molecule has 2 aromatic carbocycles. The van der Waals surface area contributed by atoms with E-state index >= 15 is 0 Å². The minimum absolute atomic E-state index is 0.145. The molecule has 2 unspecified atom stereocenters. The summed E-state index contributed by atoms with van der Waals surface area (Å²) in [6.45, 7) is 1.90. The molecule has 0 saturated heterocycles. The lowest BCUT2D eigenvalue weighted by molar-refractivity contribution is 0.414. The molecule has 22 heavy (non-hydrogen) atoms. The molecule has 3 rings (SSSR count). The number of methoxy groups -OCH3 is 1. The second-order valence-corrected chi connectivity index (χ2v) is 5.87. The van der Waals surface area contributed by atoms with Gasteiger partial charge in [-0.25, -0.2) is 8.78 Å². The maximum atomic E-state index is 13.7. The van der Waals surface area contributed by atoms with Crippen molar-refractivity contribution in [1.29, 1.82) is 0 Å². The molecule has 1 aliphatic rings. The van der Waals surface area contributed by atoms with Crippen molar-refractivity contribution in [3.63, 3.8) is 0 Å². The fraction of sp³-hybridized carbons (Fsp3) is 0.333. The number of fused-ring (bicyclic) bond motifs is 2. The Bertz CT molecular complexity index is 712. The van der Waals surface area contributed by atoms with E-state index in [4.69, 9.17) is 10.5 Å². The molecule has 116 valence electrons. The number of halogens is 2. The van der Waals surface area contributed by atoms with Gasteiger partial charge in [0.2, 0.25) is 0 Å². The number of nitrogens with two attached hydrogens (primary N) is 1. The van der Waals surface area contributed by atoms with Crippen LogP contribution in [0.4, 0.5) is 8.78 Å². The Morgan fingerprint density at radius 3 is 2.32 bits per heavy atom. The summed E-state index contributed by atoms with van der Waals surface area (Å²) in [5.74, 6) is -0.980. The van der Waals surface area contributed by atoms with Crippen molar-refractivity contribution in [2.75, 3.05) is 7.11 Å². The zero-order valence-electron chi connectivity index (χ0n) is 12.7. The maximum Gasteiger partial charge on any atom is 0.159 e. The van der Waals surface area contributed by atoms with Gasteiger partial charge in [-0.15, -0.1) is 0 Å². The summed E-state index contributed by atoms with van der Waals surface area (Å²) in [5, 5.41) is 0. The van der Waals surface area contributed by atoms with Crippen LogP contribution in [0.15, 0.2) is 30.3 Å². The predicted molar refractivity (Wildman–Crippen MR) is 82.3 cm³/mol. The monoisotopic (exact) mass is 303 g/mol. The van der Waals surface area contributed by atoms with Crippen LogP contribution in [0.2, 0.25) is 0 Å². The van der Waals surface area contributed by atoms with Gasteiger partial charge in [-0.2, -0.15) is 0 Å². The average molecular weight is 303 g/mol. The smallest absolute Gasteiger partial charge is 0.159 e. The number of aryl methyl sites for hydroxylation is 2. The van der Waals surface area contributed by atoms with Gasteiger partial charge < -0.3 is 10.5 Å². The molecule has 2 nitrogen and oxygen atoms in total. The van der Waals surface area contributed by atoms with Crippen LogP contribution in [0.1, 0.15) is 35.1 Å². The fourth-order valence-electron chi connectivity index (χ4n) is 3.34. The van der Waals surface area contributed by atoms with Crippen molar-refractivity contribution < 1.29 is 13.5 Å². The third-order valence-corrected chi connectivity index (χ3v) is 4.39. The van der Waals surface area contributed by atoms with E-state index in [0.717, 1.165) is 34.4 Å². The molecule has 2 atom stereocenters.